The Bertz CT molecular complexity index is 452. The average Bonchev–Trinajstić information content (AvgIpc) is 2.78. The highest BCUT2D eigenvalue weighted by molar-refractivity contribution is 5.73. The van der Waals surface area contributed by atoms with E-state index in [1.165, 1.54) is 0 Å². The van der Waals surface area contributed by atoms with Crippen LogP contribution in [-0.4, -0.2) is 36.4 Å². The van der Waals surface area contributed by atoms with E-state index < -0.39 is 18.6 Å². The smallest absolute Gasteiger partial charge is 0.338 e. The third-order valence-corrected chi connectivity index (χ3v) is 2.56. The third kappa shape index (κ3) is 3.85. The molecule has 1 aromatic carbocycles. The first-order valence-electron chi connectivity index (χ1n) is 5.77. The number of fused-ring (bicyclic) bond motifs is 1. The number of amides is 2. The summed E-state index contributed by atoms with van der Waals surface area (Å²) in [6.45, 7) is -0.268. The fourth-order valence-electron chi connectivity index (χ4n) is 1.77. The van der Waals surface area contributed by atoms with Crippen molar-refractivity contribution in [3.05, 3.63) is 29.8 Å². The number of para-hydroxylation sites is 1. The molecule has 19 heavy (non-hydrogen) atoms. The molecule has 7 nitrogen and oxygen atoms in total. The van der Waals surface area contributed by atoms with Gasteiger partial charge in [0, 0.05) is 6.42 Å². The van der Waals surface area contributed by atoms with Crippen LogP contribution in [0.25, 0.3) is 0 Å². The van der Waals surface area contributed by atoms with Gasteiger partial charge >= 0.3 is 12.0 Å². The average molecular weight is 266 g/mol. The quantitative estimate of drug-likeness (QED) is 0.666. The Morgan fingerprint density at radius 1 is 1.42 bits per heavy atom. The topological polar surface area (TPSA) is 96.9 Å². The molecule has 0 aliphatic carbocycles. The van der Waals surface area contributed by atoms with Gasteiger partial charge in [-0.2, -0.15) is 0 Å². The van der Waals surface area contributed by atoms with Gasteiger partial charge < -0.3 is 15.2 Å². The second kappa shape index (κ2) is 6.05. The molecule has 0 radical (unpaired) electrons. The fraction of sp³-hybridized carbons (Fsp3) is 0.333. The summed E-state index contributed by atoms with van der Waals surface area (Å²) in [5.41, 5.74) is 3.08. The van der Waals surface area contributed by atoms with E-state index in [1.807, 2.05) is 29.7 Å². The number of rotatable bonds is 5. The Kier molecular flexibility index (Phi) is 4.19. The molecule has 1 aliphatic rings. The van der Waals surface area contributed by atoms with E-state index in [1.54, 1.807) is 0 Å². The summed E-state index contributed by atoms with van der Waals surface area (Å²) in [7, 11) is 0. The zero-order valence-electron chi connectivity index (χ0n) is 10.1. The first kappa shape index (κ1) is 13.2. The van der Waals surface area contributed by atoms with Gasteiger partial charge in [-0.05, 0) is 11.6 Å². The number of carbonyl (C=O) groups is 2. The summed E-state index contributed by atoms with van der Waals surface area (Å²) < 4.78 is 5.62. The molecule has 0 saturated carbocycles. The molecule has 1 atom stereocenters. The van der Waals surface area contributed by atoms with Crippen molar-refractivity contribution in [3.63, 3.8) is 0 Å². The van der Waals surface area contributed by atoms with E-state index in [-0.39, 0.29) is 6.10 Å². The Balaban J connectivity index is 1.67. The van der Waals surface area contributed by atoms with Crippen molar-refractivity contribution in [3.8, 4) is 5.75 Å². The van der Waals surface area contributed by atoms with Crippen molar-refractivity contribution in [1.29, 1.82) is 0 Å². The Labute approximate surface area is 109 Å². The van der Waals surface area contributed by atoms with Gasteiger partial charge in [-0.3, -0.25) is 4.84 Å². The Morgan fingerprint density at radius 3 is 2.95 bits per heavy atom. The number of hydroxylamine groups is 1. The normalized spacial score (nSPS) is 16.3. The van der Waals surface area contributed by atoms with Crippen LogP contribution in [0.15, 0.2) is 24.3 Å². The predicted octanol–water partition coefficient (Wildman–Crippen LogP) is 0.306. The maximum atomic E-state index is 11.3. The molecule has 1 aliphatic heterocycles. The molecule has 1 heterocycles. The molecule has 2 amide bonds. The van der Waals surface area contributed by atoms with Crippen LogP contribution in [0.1, 0.15) is 5.56 Å². The van der Waals surface area contributed by atoms with Crippen LogP contribution in [0.5, 0.6) is 5.75 Å². The Morgan fingerprint density at radius 2 is 2.21 bits per heavy atom. The molecule has 0 spiro atoms. The first-order valence-corrected chi connectivity index (χ1v) is 5.77. The molecular weight excluding hydrogens is 252 g/mol. The number of carbonyl (C=O) groups excluding carboxylic acids is 1. The lowest BCUT2D eigenvalue weighted by Crippen LogP contribution is -2.41. The van der Waals surface area contributed by atoms with Crippen molar-refractivity contribution in [2.24, 2.45) is 0 Å². The fourth-order valence-corrected chi connectivity index (χ4v) is 1.77. The maximum absolute atomic E-state index is 11.3. The number of nitrogens with one attached hydrogen (secondary N) is 2. The van der Waals surface area contributed by atoms with Gasteiger partial charge in [0.15, 0.2) is 6.61 Å². The number of carboxylic acids is 1. The van der Waals surface area contributed by atoms with Gasteiger partial charge in [0.2, 0.25) is 0 Å². The van der Waals surface area contributed by atoms with Gasteiger partial charge in [-0.25, -0.2) is 15.1 Å². The van der Waals surface area contributed by atoms with Crippen molar-refractivity contribution in [2.75, 3.05) is 13.2 Å². The number of aliphatic carboxylic acids is 1. The number of carboxylic acid groups (broad SMARTS) is 1. The number of ether oxygens (including phenoxy) is 1. The zero-order chi connectivity index (χ0) is 13.7. The summed E-state index contributed by atoms with van der Waals surface area (Å²) in [5.74, 6) is -0.327. The lowest BCUT2D eigenvalue weighted by Gasteiger charge is -2.12. The maximum Gasteiger partial charge on any atom is 0.338 e. The molecule has 1 aromatic rings. The number of hydrogen-bond acceptors (Lipinski definition) is 4. The van der Waals surface area contributed by atoms with Gasteiger partial charge in [0.1, 0.15) is 11.9 Å². The summed E-state index contributed by atoms with van der Waals surface area (Å²) in [4.78, 5) is 25.8. The van der Waals surface area contributed by atoms with Crippen LogP contribution in [0.2, 0.25) is 0 Å². The van der Waals surface area contributed by atoms with Crippen molar-refractivity contribution in [1.82, 2.24) is 10.8 Å². The van der Waals surface area contributed by atoms with E-state index in [2.05, 4.69) is 10.2 Å². The van der Waals surface area contributed by atoms with E-state index in [0.717, 1.165) is 17.7 Å². The molecule has 0 fully saturated rings. The molecule has 3 N–H and O–H groups in total. The van der Waals surface area contributed by atoms with Crippen LogP contribution in [0, 0.1) is 0 Å². The third-order valence-electron chi connectivity index (χ3n) is 2.56. The second-order valence-corrected chi connectivity index (χ2v) is 4.05. The second-order valence-electron chi connectivity index (χ2n) is 4.05. The van der Waals surface area contributed by atoms with E-state index in [0.29, 0.717) is 6.54 Å². The molecule has 1 unspecified atom stereocenters. The SMILES string of the molecule is O=C(O)CONC(=O)NCC1Cc2ccccc2O1. The van der Waals surface area contributed by atoms with Gasteiger partial charge in [-0.15, -0.1) is 0 Å². The molecule has 0 saturated heterocycles. The monoisotopic (exact) mass is 266 g/mol. The minimum Gasteiger partial charge on any atom is -0.488 e. The minimum atomic E-state index is -1.16. The summed E-state index contributed by atoms with van der Waals surface area (Å²) >= 11 is 0. The summed E-state index contributed by atoms with van der Waals surface area (Å²) in [6, 6.07) is 7.09. The van der Waals surface area contributed by atoms with Crippen LogP contribution in [0.3, 0.4) is 0 Å². The minimum absolute atomic E-state index is 0.123. The van der Waals surface area contributed by atoms with E-state index >= 15 is 0 Å². The zero-order valence-corrected chi connectivity index (χ0v) is 10.1. The van der Waals surface area contributed by atoms with Crippen molar-refractivity contribution < 1.29 is 24.3 Å². The standard InChI is InChI=1S/C12H14N2O5/c15-11(16)7-18-14-12(17)13-6-9-5-8-3-1-2-4-10(8)19-9/h1-4,9H,5-7H2,(H,15,16)(H2,13,14,17). The predicted molar refractivity (Wildman–Crippen MR) is 64.7 cm³/mol. The van der Waals surface area contributed by atoms with Gasteiger partial charge in [0.05, 0.1) is 6.54 Å². The number of benzene rings is 1. The Hall–Kier alpha value is -2.28. The molecule has 102 valence electrons. The number of urea groups is 1. The van der Waals surface area contributed by atoms with E-state index in [9.17, 15) is 9.59 Å². The van der Waals surface area contributed by atoms with Gasteiger partial charge in [-0.1, -0.05) is 18.2 Å². The molecular formula is C12H14N2O5. The largest absolute Gasteiger partial charge is 0.488 e. The van der Waals surface area contributed by atoms with Crippen molar-refractivity contribution >= 4 is 12.0 Å². The highest BCUT2D eigenvalue weighted by atomic mass is 16.7. The summed E-state index contributed by atoms with van der Waals surface area (Å²) in [5, 5.41) is 10.9. The summed E-state index contributed by atoms with van der Waals surface area (Å²) in [6.07, 6.45) is 0.606. The van der Waals surface area contributed by atoms with Crippen LogP contribution in [-0.2, 0) is 16.1 Å². The van der Waals surface area contributed by atoms with Gasteiger partial charge in [0.25, 0.3) is 0 Å². The number of hydrogen-bond donors (Lipinski definition) is 3. The molecule has 2 rings (SSSR count). The van der Waals surface area contributed by atoms with E-state index in [4.69, 9.17) is 9.84 Å². The highest BCUT2D eigenvalue weighted by Gasteiger charge is 2.22. The molecule has 0 aromatic heterocycles. The van der Waals surface area contributed by atoms with Crippen LogP contribution in [0.4, 0.5) is 4.79 Å². The van der Waals surface area contributed by atoms with Crippen molar-refractivity contribution in [2.45, 2.75) is 12.5 Å². The highest BCUT2D eigenvalue weighted by Crippen LogP contribution is 2.27. The lowest BCUT2D eigenvalue weighted by molar-refractivity contribution is -0.144. The molecule has 0 bridgehead atoms. The molecule has 7 heteroatoms. The first-order chi connectivity index (χ1) is 9.15. The lowest BCUT2D eigenvalue weighted by atomic mass is 10.1. The van der Waals surface area contributed by atoms with Crippen LogP contribution < -0.4 is 15.5 Å². The van der Waals surface area contributed by atoms with Crippen LogP contribution >= 0.6 is 0 Å².